The van der Waals surface area contributed by atoms with Gasteiger partial charge in [-0.1, -0.05) is 0 Å². The highest BCUT2D eigenvalue weighted by Gasteiger charge is 2.29. The van der Waals surface area contributed by atoms with E-state index in [1.807, 2.05) is 7.05 Å². The zero-order valence-corrected chi connectivity index (χ0v) is 10.3. The number of amides is 2. The highest BCUT2D eigenvalue weighted by molar-refractivity contribution is 5.90. The Morgan fingerprint density at radius 2 is 1.82 bits per heavy atom. The van der Waals surface area contributed by atoms with E-state index >= 15 is 0 Å². The van der Waals surface area contributed by atoms with Crippen molar-refractivity contribution in [2.24, 2.45) is 0 Å². The minimum atomic E-state index is -0.301. The molecule has 0 bridgehead atoms. The van der Waals surface area contributed by atoms with Crippen LogP contribution in [0.3, 0.4) is 0 Å². The topological polar surface area (TPSA) is 70.2 Å². The number of nitrogens with one attached hydrogen (secondary N) is 3. The molecule has 1 saturated carbocycles. The fourth-order valence-electron chi connectivity index (χ4n) is 2.64. The summed E-state index contributed by atoms with van der Waals surface area (Å²) in [4.78, 5) is 22.9. The maximum atomic E-state index is 11.9. The molecule has 17 heavy (non-hydrogen) atoms. The maximum absolute atomic E-state index is 11.9. The van der Waals surface area contributed by atoms with Crippen LogP contribution >= 0.6 is 0 Å². The van der Waals surface area contributed by atoms with Crippen LogP contribution in [0.25, 0.3) is 0 Å². The lowest BCUT2D eigenvalue weighted by Gasteiger charge is -2.29. The average molecular weight is 239 g/mol. The molecule has 1 atom stereocenters. The van der Waals surface area contributed by atoms with Crippen molar-refractivity contribution in [3.8, 4) is 0 Å². The Bertz CT molecular complexity index is 298. The second-order valence-corrected chi connectivity index (χ2v) is 5.00. The lowest BCUT2D eigenvalue weighted by molar-refractivity contribution is -0.126. The smallest absolute Gasteiger partial charge is 0.242 e. The van der Waals surface area contributed by atoms with Crippen LogP contribution in [0, 0.1) is 0 Å². The first kappa shape index (κ1) is 12.4. The molecule has 2 fully saturated rings. The van der Waals surface area contributed by atoms with Crippen LogP contribution in [-0.4, -0.2) is 37.0 Å². The Kier molecular flexibility index (Phi) is 3.99. The standard InChI is InChI=1S/C12H21N3O2/c1-13-8-2-4-9(5-3-8)14-12(17)10-6-7-11(16)15-10/h8-10,13H,2-7H2,1H3,(H,14,17)(H,15,16)/t8?,9?,10-/m0/s1. The molecule has 96 valence electrons. The Morgan fingerprint density at radius 3 is 2.35 bits per heavy atom. The van der Waals surface area contributed by atoms with Crippen molar-refractivity contribution in [1.29, 1.82) is 0 Å². The molecule has 2 aliphatic rings. The van der Waals surface area contributed by atoms with E-state index in [0.29, 0.717) is 18.9 Å². The minimum absolute atomic E-state index is 0.0101. The van der Waals surface area contributed by atoms with Crippen molar-refractivity contribution in [2.45, 2.75) is 56.7 Å². The summed E-state index contributed by atoms with van der Waals surface area (Å²) in [6, 6.07) is 0.573. The van der Waals surface area contributed by atoms with Crippen LogP contribution in [0.4, 0.5) is 0 Å². The zero-order valence-electron chi connectivity index (χ0n) is 10.3. The molecule has 0 aromatic rings. The van der Waals surface area contributed by atoms with Gasteiger partial charge in [0.15, 0.2) is 0 Å². The molecule has 1 aliphatic heterocycles. The molecule has 5 heteroatoms. The molecule has 0 spiro atoms. The van der Waals surface area contributed by atoms with Gasteiger partial charge in [-0.15, -0.1) is 0 Å². The number of hydrogen-bond donors (Lipinski definition) is 3. The SMILES string of the molecule is CNC1CCC(NC(=O)[C@@H]2CCC(=O)N2)CC1. The molecule has 1 heterocycles. The van der Waals surface area contributed by atoms with Gasteiger partial charge in [-0.25, -0.2) is 0 Å². The third-order valence-corrected chi connectivity index (χ3v) is 3.79. The lowest BCUT2D eigenvalue weighted by Crippen LogP contribution is -2.48. The molecular weight excluding hydrogens is 218 g/mol. The van der Waals surface area contributed by atoms with Gasteiger partial charge in [-0.2, -0.15) is 0 Å². The van der Waals surface area contributed by atoms with Crippen molar-refractivity contribution in [3.63, 3.8) is 0 Å². The van der Waals surface area contributed by atoms with E-state index in [2.05, 4.69) is 16.0 Å². The van der Waals surface area contributed by atoms with Crippen molar-refractivity contribution < 1.29 is 9.59 Å². The third-order valence-electron chi connectivity index (χ3n) is 3.79. The van der Waals surface area contributed by atoms with Gasteiger partial charge in [-0.05, 0) is 39.2 Å². The van der Waals surface area contributed by atoms with Crippen LogP contribution in [0.5, 0.6) is 0 Å². The van der Waals surface area contributed by atoms with Crippen molar-refractivity contribution >= 4 is 11.8 Å². The van der Waals surface area contributed by atoms with Gasteiger partial charge in [0.25, 0.3) is 0 Å². The highest BCUT2D eigenvalue weighted by atomic mass is 16.2. The van der Waals surface area contributed by atoms with Crippen LogP contribution in [0.2, 0.25) is 0 Å². The normalized spacial score (nSPS) is 33.2. The van der Waals surface area contributed by atoms with Crippen LogP contribution in [0.1, 0.15) is 38.5 Å². The van der Waals surface area contributed by atoms with Gasteiger partial charge in [0.2, 0.25) is 11.8 Å². The Hall–Kier alpha value is -1.10. The first-order chi connectivity index (χ1) is 8.19. The molecular formula is C12H21N3O2. The molecule has 3 N–H and O–H groups in total. The van der Waals surface area contributed by atoms with E-state index in [9.17, 15) is 9.59 Å². The van der Waals surface area contributed by atoms with E-state index in [1.54, 1.807) is 0 Å². The molecule has 5 nitrogen and oxygen atoms in total. The summed E-state index contributed by atoms with van der Waals surface area (Å²) < 4.78 is 0. The summed E-state index contributed by atoms with van der Waals surface area (Å²) >= 11 is 0. The minimum Gasteiger partial charge on any atom is -0.352 e. The van der Waals surface area contributed by atoms with E-state index in [-0.39, 0.29) is 23.9 Å². The highest BCUT2D eigenvalue weighted by Crippen LogP contribution is 2.18. The van der Waals surface area contributed by atoms with E-state index in [1.165, 1.54) is 0 Å². The fraction of sp³-hybridized carbons (Fsp3) is 0.833. The molecule has 2 amide bonds. The van der Waals surface area contributed by atoms with Crippen LogP contribution in [-0.2, 0) is 9.59 Å². The van der Waals surface area contributed by atoms with E-state index in [4.69, 9.17) is 0 Å². The molecule has 0 aromatic heterocycles. The number of carbonyl (C=O) groups is 2. The summed E-state index contributed by atoms with van der Waals surface area (Å²) in [5, 5.41) is 9.01. The number of rotatable bonds is 3. The zero-order chi connectivity index (χ0) is 12.3. The van der Waals surface area contributed by atoms with Gasteiger partial charge in [0, 0.05) is 18.5 Å². The van der Waals surface area contributed by atoms with E-state index in [0.717, 1.165) is 25.7 Å². The number of hydrogen-bond acceptors (Lipinski definition) is 3. The third kappa shape index (κ3) is 3.19. The van der Waals surface area contributed by atoms with Gasteiger partial charge >= 0.3 is 0 Å². The summed E-state index contributed by atoms with van der Waals surface area (Å²) in [6.07, 6.45) is 5.38. The largest absolute Gasteiger partial charge is 0.352 e. The quantitative estimate of drug-likeness (QED) is 0.645. The first-order valence-corrected chi connectivity index (χ1v) is 6.46. The predicted molar refractivity (Wildman–Crippen MR) is 64.4 cm³/mol. The second-order valence-electron chi connectivity index (χ2n) is 5.00. The molecule has 0 radical (unpaired) electrons. The van der Waals surface area contributed by atoms with Gasteiger partial charge in [0.1, 0.15) is 6.04 Å². The summed E-state index contributed by atoms with van der Waals surface area (Å²) in [6.45, 7) is 0. The molecule has 0 aromatic carbocycles. The Morgan fingerprint density at radius 1 is 1.18 bits per heavy atom. The monoisotopic (exact) mass is 239 g/mol. The Labute approximate surface area is 102 Å². The van der Waals surface area contributed by atoms with Gasteiger partial charge in [0.05, 0.1) is 0 Å². The maximum Gasteiger partial charge on any atom is 0.242 e. The van der Waals surface area contributed by atoms with Crippen LogP contribution < -0.4 is 16.0 Å². The number of carbonyl (C=O) groups excluding carboxylic acids is 2. The summed E-state index contributed by atoms with van der Waals surface area (Å²) in [5.41, 5.74) is 0. The first-order valence-electron chi connectivity index (χ1n) is 6.46. The van der Waals surface area contributed by atoms with E-state index < -0.39 is 0 Å². The van der Waals surface area contributed by atoms with Crippen LogP contribution in [0.15, 0.2) is 0 Å². The molecule has 0 unspecified atom stereocenters. The summed E-state index contributed by atoms with van der Waals surface area (Å²) in [5.74, 6) is -0.0206. The van der Waals surface area contributed by atoms with Gasteiger partial charge < -0.3 is 16.0 Å². The second kappa shape index (κ2) is 5.49. The van der Waals surface area contributed by atoms with Crippen molar-refractivity contribution in [1.82, 2.24) is 16.0 Å². The Balaban J connectivity index is 1.74. The molecule has 2 rings (SSSR count). The van der Waals surface area contributed by atoms with Crippen molar-refractivity contribution in [2.75, 3.05) is 7.05 Å². The lowest BCUT2D eigenvalue weighted by atomic mass is 9.91. The fourth-order valence-corrected chi connectivity index (χ4v) is 2.64. The predicted octanol–water partition coefficient (Wildman–Crippen LogP) is -0.0882. The van der Waals surface area contributed by atoms with Crippen molar-refractivity contribution in [3.05, 3.63) is 0 Å². The average Bonchev–Trinajstić information content (AvgIpc) is 2.77. The molecule has 1 saturated heterocycles. The summed E-state index contributed by atoms with van der Waals surface area (Å²) in [7, 11) is 1.98. The molecule has 1 aliphatic carbocycles. The van der Waals surface area contributed by atoms with Gasteiger partial charge in [-0.3, -0.25) is 9.59 Å².